The van der Waals surface area contributed by atoms with Gasteiger partial charge in [0.15, 0.2) is 0 Å². The molecule has 0 saturated carbocycles. The summed E-state index contributed by atoms with van der Waals surface area (Å²) in [6.45, 7) is 0. The van der Waals surface area contributed by atoms with Crippen molar-refractivity contribution in [2.45, 2.75) is 12.2 Å². The van der Waals surface area contributed by atoms with E-state index >= 15 is 0 Å². The number of aliphatic carboxylic acids is 1. The highest BCUT2D eigenvalue weighted by Crippen LogP contribution is 2.39. The Morgan fingerprint density at radius 3 is 2.23 bits per heavy atom. The summed E-state index contributed by atoms with van der Waals surface area (Å²) in [5.74, 6) is -2.83. The van der Waals surface area contributed by atoms with E-state index in [0.29, 0.717) is 5.69 Å². The molecule has 2 bridgehead atoms. The van der Waals surface area contributed by atoms with E-state index in [2.05, 4.69) is 5.32 Å². The highest BCUT2D eigenvalue weighted by Gasteiger charge is 2.53. The minimum Gasteiger partial charge on any atom is -0.481 e. The van der Waals surface area contributed by atoms with Crippen molar-refractivity contribution in [3.63, 3.8) is 0 Å². The number of carbonyl (C=O) groups excluding carboxylic acids is 1. The van der Waals surface area contributed by atoms with Crippen LogP contribution in [0.15, 0.2) is 36.4 Å². The molecule has 0 aromatic heterocycles. The van der Waals surface area contributed by atoms with E-state index < -0.39 is 30.0 Å². The number of fused-ring (bicyclic) bond motifs is 2. The lowest BCUT2D eigenvalue weighted by Crippen LogP contribution is -2.39. The number of ether oxygens (including phenoxy) is 1. The van der Waals surface area contributed by atoms with Crippen molar-refractivity contribution in [2.75, 3.05) is 24.3 Å². The monoisotopic (exact) mass is 302 g/mol. The summed E-state index contributed by atoms with van der Waals surface area (Å²) >= 11 is 0. The predicted octanol–water partition coefficient (Wildman–Crippen LogP) is 1.35. The first-order valence-electron chi connectivity index (χ1n) is 7.12. The Morgan fingerprint density at radius 2 is 1.68 bits per heavy atom. The summed E-state index contributed by atoms with van der Waals surface area (Å²) in [6, 6.07) is 7.38. The SMILES string of the molecule is CN(C)c1ccc(NC(=O)[C@H]2[C@@H](C(=O)O)[C@@H]3C=C[C@@H]2O3)cc1. The normalized spacial score (nSPS) is 28.6. The van der Waals surface area contributed by atoms with Gasteiger partial charge in [0, 0.05) is 25.5 Å². The zero-order valence-corrected chi connectivity index (χ0v) is 12.4. The molecule has 0 unspecified atom stereocenters. The van der Waals surface area contributed by atoms with Crippen molar-refractivity contribution >= 4 is 23.3 Å². The van der Waals surface area contributed by atoms with Gasteiger partial charge in [-0.05, 0) is 24.3 Å². The molecule has 2 N–H and O–H groups in total. The fourth-order valence-corrected chi connectivity index (χ4v) is 2.98. The molecule has 3 rings (SSSR count). The van der Waals surface area contributed by atoms with Crippen molar-refractivity contribution in [1.29, 1.82) is 0 Å². The molecule has 2 aliphatic rings. The fraction of sp³-hybridized carbons (Fsp3) is 0.375. The van der Waals surface area contributed by atoms with E-state index in [1.807, 2.05) is 31.1 Å². The molecular formula is C16H18N2O4. The van der Waals surface area contributed by atoms with Crippen molar-refractivity contribution in [1.82, 2.24) is 0 Å². The fourth-order valence-electron chi connectivity index (χ4n) is 2.98. The van der Waals surface area contributed by atoms with Crippen LogP contribution in [0.3, 0.4) is 0 Å². The van der Waals surface area contributed by atoms with Gasteiger partial charge in [-0.25, -0.2) is 0 Å². The quantitative estimate of drug-likeness (QED) is 0.821. The van der Waals surface area contributed by atoms with Crippen molar-refractivity contribution in [3.05, 3.63) is 36.4 Å². The number of hydrogen-bond acceptors (Lipinski definition) is 4. The van der Waals surface area contributed by atoms with Crippen LogP contribution in [0.2, 0.25) is 0 Å². The zero-order valence-electron chi connectivity index (χ0n) is 12.4. The third-order valence-electron chi connectivity index (χ3n) is 4.14. The van der Waals surface area contributed by atoms with Crippen LogP contribution in [-0.4, -0.2) is 43.3 Å². The second kappa shape index (κ2) is 5.46. The maximum Gasteiger partial charge on any atom is 0.310 e. The maximum atomic E-state index is 12.4. The lowest BCUT2D eigenvalue weighted by atomic mass is 9.82. The van der Waals surface area contributed by atoms with Crippen LogP contribution >= 0.6 is 0 Å². The number of carbonyl (C=O) groups is 2. The number of benzene rings is 1. The van der Waals surface area contributed by atoms with E-state index in [4.69, 9.17) is 4.74 Å². The van der Waals surface area contributed by atoms with Gasteiger partial charge >= 0.3 is 5.97 Å². The number of hydrogen-bond donors (Lipinski definition) is 2. The highest BCUT2D eigenvalue weighted by molar-refractivity contribution is 5.96. The molecule has 2 heterocycles. The second-order valence-electron chi connectivity index (χ2n) is 5.77. The first kappa shape index (κ1) is 14.6. The van der Waals surface area contributed by atoms with Crippen molar-refractivity contribution in [3.8, 4) is 0 Å². The highest BCUT2D eigenvalue weighted by atomic mass is 16.5. The van der Waals surface area contributed by atoms with Crippen molar-refractivity contribution in [2.24, 2.45) is 11.8 Å². The molecule has 0 radical (unpaired) electrons. The number of nitrogens with zero attached hydrogens (tertiary/aromatic N) is 1. The topological polar surface area (TPSA) is 78.9 Å². The molecule has 6 heteroatoms. The molecular weight excluding hydrogens is 284 g/mol. The van der Waals surface area contributed by atoms with E-state index in [-0.39, 0.29) is 5.91 Å². The minimum atomic E-state index is -1.00. The van der Waals surface area contributed by atoms with E-state index in [0.717, 1.165) is 5.69 Å². The first-order valence-corrected chi connectivity index (χ1v) is 7.12. The largest absolute Gasteiger partial charge is 0.481 e. The van der Waals surface area contributed by atoms with Gasteiger partial charge in [-0.3, -0.25) is 9.59 Å². The smallest absolute Gasteiger partial charge is 0.310 e. The van der Waals surface area contributed by atoms with Gasteiger partial charge < -0.3 is 20.1 Å². The third kappa shape index (κ3) is 2.46. The molecule has 0 aliphatic carbocycles. The van der Waals surface area contributed by atoms with Gasteiger partial charge in [0.2, 0.25) is 5.91 Å². The molecule has 0 spiro atoms. The summed E-state index contributed by atoms with van der Waals surface area (Å²) in [5.41, 5.74) is 1.67. The lowest BCUT2D eigenvalue weighted by molar-refractivity contribution is -0.145. The van der Waals surface area contributed by atoms with E-state index in [1.165, 1.54) is 0 Å². The van der Waals surface area contributed by atoms with Crippen LogP contribution in [0.5, 0.6) is 0 Å². The molecule has 1 fully saturated rings. The lowest BCUT2D eigenvalue weighted by Gasteiger charge is -2.21. The standard InChI is InChI=1S/C16H18N2O4/c1-18(2)10-5-3-9(4-6-10)17-15(19)13-11-7-8-12(22-11)14(13)16(20)21/h3-8,11-14H,1-2H3,(H,17,19)(H,20,21)/t11-,12-,13+,14-/m0/s1. The Kier molecular flexibility index (Phi) is 3.62. The molecule has 1 aromatic rings. The van der Waals surface area contributed by atoms with Crippen molar-refractivity contribution < 1.29 is 19.4 Å². The molecule has 4 atom stereocenters. The molecule has 1 amide bonds. The Balaban J connectivity index is 1.74. The van der Waals surface area contributed by atoms with Crippen LogP contribution in [0.1, 0.15) is 0 Å². The molecule has 1 aromatic carbocycles. The summed E-state index contributed by atoms with van der Waals surface area (Å²) < 4.78 is 5.51. The minimum absolute atomic E-state index is 0.318. The summed E-state index contributed by atoms with van der Waals surface area (Å²) in [7, 11) is 3.87. The van der Waals surface area contributed by atoms with Gasteiger partial charge in [-0.2, -0.15) is 0 Å². The van der Waals surface area contributed by atoms with Gasteiger partial charge in [0.05, 0.1) is 18.1 Å². The summed E-state index contributed by atoms with van der Waals surface area (Å²) in [4.78, 5) is 25.8. The number of nitrogens with one attached hydrogen (secondary N) is 1. The average Bonchev–Trinajstić information content (AvgIpc) is 3.08. The van der Waals surface area contributed by atoms with Gasteiger partial charge in [0.1, 0.15) is 5.92 Å². The molecule has 1 saturated heterocycles. The van der Waals surface area contributed by atoms with Crippen LogP contribution in [0.4, 0.5) is 11.4 Å². The number of carboxylic acid groups (broad SMARTS) is 1. The Hall–Kier alpha value is -2.34. The van der Waals surface area contributed by atoms with Crippen LogP contribution < -0.4 is 10.2 Å². The van der Waals surface area contributed by atoms with Crippen LogP contribution in [0.25, 0.3) is 0 Å². The molecule has 116 valence electrons. The Labute approximate surface area is 128 Å². The van der Waals surface area contributed by atoms with E-state index in [9.17, 15) is 14.7 Å². The zero-order chi connectivity index (χ0) is 15.9. The average molecular weight is 302 g/mol. The van der Waals surface area contributed by atoms with Crippen LogP contribution in [-0.2, 0) is 14.3 Å². The second-order valence-corrected chi connectivity index (χ2v) is 5.77. The van der Waals surface area contributed by atoms with Gasteiger partial charge in [-0.1, -0.05) is 12.2 Å². The number of carboxylic acids is 1. The molecule has 22 heavy (non-hydrogen) atoms. The number of anilines is 2. The summed E-state index contributed by atoms with van der Waals surface area (Å²) in [6.07, 6.45) is 2.53. The third-order valence-corrected chi connectivity index (χ3v) is 4.14. The predicted molar refractivity (Wildman–Crippen MR) is 81.8 cm³/mol. The summed E-state index contributed by atoms with van der Waals surface area (Å²) in [5, 5.41) is 12.1. The molecule has 2 aliphatic heterocycles. The number of amides is 1. The maximum absolute atomic E-state index is 12.4. The molecule has 6 nitrogen and oxygen atoms in total. The van der Waals surface area contributed by atoms with E-state index in [1.54, 1.807) is 24.3 Å². The first-order chi connectivity index (χ1) is 10.5. The van der Waals surface area contributed by atoms with Gasteiger partial charge in [-0.15, -0.1) is 0 Å². The Bertz CT molecular complexity index is 624. The Morgan fingerprint density at radius 1 is 1.09 bits per heavy atom. The number of rotatable bonds is 4. The van der Waals surface area contributed by atoms with Crippen LogP contribution in [0, 0.1) is 11.8 Å². The van der Waals surface area contributed by atoms with Gasteiger partial charge in [0.25, 0.3) is 0 Å².